The number of nitrogens with zero attached hydrogens (tertiary/aromatic N) is 4. The summed E-state index contributed by atoms with van der Waals surface area (Å²) in [4.78, 5) is 25.3. The average Bonchev–Trinajstić information content (AvgIpc) is 3.03. The summed E-state index contributed by atoms with van der Waals surface area (Å²) < 4.78 is 0. The molecule has 3 heterocycles. The van der Waals surface area contributed by atoms with Crippen molar-refractivity contribution < 1.29 is 4.79 Å². The fraction of sp³-hybridized carbons (Fsp3) is 0.235. The van der Waals surface area contributed by atoms with E-state index in [4.69, 9.17) is 0 Å². The number of carbonyl (C=O) groups excluding carboxylic acids is 1. The Morgan fingerprint density at radius 3 is 2.91 bits per heavy atom. The number of pyridine rings is 1. The summed E-state index contributed by atoms with van der Waals surface area (Å²) in [5.41, 5.74) is 3.09. The van der Waals surface area contributed by atoms with Crippen molar-refractivity contribution in [1.29, 1.82) is 0 Å². The minimum Gasteiger partial charge on any atom is -0.291 e. The Bertz CT molecular complexity index is 784. The fourth-order valence-electron chi connectivity index (χ4n) is 2.98. The first-order chi connectivity index (χ1) is 10.8. The van der Waals surface area contributed by atoms with Crippen molar-refractivity contribution in [3.8, 4) is 0 Å². The molecule has 1 aromatic heterocycles. The molecule has 5 heteroatoms. The molecule has 22 heavy (non-hydrogen) atoms. The number of aromatic nitrogens is 1. The van der Waals surface area contributed by atoms with Gasteiger partial charge in [-0.2, -0.15) is 0 Å². The van der Waals surface area contributed by atoms with E-state index in [9.17, 15) is 4.79 Å². The van der Waals surface area contributed by atoms with Crippen LogP contribution in [0.5, 0.6) is 0 Å². The molecule has 0 bridgehead atoms. The van der Waals surface area contributed by atoms with Crippen LogP contribution in [-0.4, -0.2) is 34.8 Å². The Balaban J connectivity index is 1.81. The molecule has 2 aliphatic rings. The molecule has 110 valence electrons. The molecule has 0 fully saturated rings. The van der Waals surface area contributed by atoms with Crippen LogP contribution >= 0.6 is 0 Å². The Labute approximate surface area is 128 Å². The van der Waals surface area contributed by atoms with Crippen molar-refractivity contribution in [3.05, 3.63) is 59.3 Å². The van der Waals surface area contributed by atoms with E-state index < -0.39 is 0 Å². The lowest BCUT2D eigenvalue weighted by Gasteiger charge is -2.35. The normalized spacial score (nSPS) is 16.4. The molecular weight excluding hydrogens is 276 g/mol. The van der Waals surface area contributed by atoms with Gasteiger partial charge in [0.25, 0.3) is 5.91 Å². The molecule has 1 amide bonds. The molecule has 0 aliphatic carbocycles. The summed E-state index contributed by atoms with van der Waals surface area (Å²) in [6.07, 6.45) is 1.72. The number of hydrogen-bond acceptors (Lipinski definition) is 4. The van der Waals surface area contributed by atoms with E-state index in [1.165, 1.54) is 11.1 Å². The van der Waals surface area contributed by atoms with Crippen molar-refractivity contribution in [2.24, 2.45) is 4.99 Å². The molecule has 0 saturated carbocycles. The lowest BCUT2D eigenvalue weighted by Crippen LogP contribution is -2.50. The lowest BCUT2D eigenvalue weighted by atomic mass is 10.1. The predicted octanol–water partition coefficient (Wildman–Crippen LogP) is 2.22. The van der Waals surface area contributed by atoms with E-state index >= 15 is 0 Å². The smallest absolute Gasteiger partial charge is 0.264 e. The average molecular weight is 292 g/mol. The summed E-state index contributed by atoms with van der Waals surface area (Å²) in [6, 6.07) is 11.9. The van der Waals surface area contributed by atoms with Crippen molar-refractivity contribution in [3.63, 3.8) is 0 Å². The second-order valence-corrected chi connectivity index (χ2v) is 5.53. The quantitative estimate of drug-likeness (QED) is 0.853. The Morgan fingerprint density at radius 2 is 2.05 bits per heavy atom. The number of carbonyl (C=O) groups is 1. The maximum atomic E-state index is 12.5. The number of anilines is 1. The standard InChI is InChI=1S/C17H16N4O/c1-12-5-2-3-6-13(12)11-21-15-14(7-4-8-18-15)16(22)20-10-9-19-17(20)21/h2-8H,9-11H2,1H3. The van der Waals surface area contributed by atoms with E-state index in [-0.39, 0.29) is 5.91 Å². The zero-order valence-corrected chi connectivity index (χ0v) is 12.4. The second kappa shape index (κ2) is 4.94. The fourth-order valence-corrected chi connectivity index (χ4v) is 2.98. The summed E-state index contributed by atoms with van der Waals surface area (Å²) in [7, 11) is 0. The highest BCUT2D eigenvalue weighted by molar-refractivity contribution is 6.18. The molecule has 5 nitrogen and oxygen atoms in total. The molecule has 0 atom stereocenters. The van der Waals surface area contributed by atoms with Gasteiger partial charge in [0.15, 0.2) is 0 Å². The SMILES string of the molecule is Cc1ccccc1CN1C2=NCCN2C(=O)c2cccnc21. The summed E-state index contributed by atoms with van der Waals surface area (Å²) in [6.45, 7) is 4.06. The van der Waals surface area contributed by atoms with E-state index in [0.717, 1.165) is 5.96 Å². The first-order valence-electron chi connectivity index (χ1n) is 7.39. The number of rotatable bonds is 2. The minimum absolute atomic E-state index is 0.000355. The van der Waals surface area contributed by atoms with Crippen LogP contribution in [0.4, 0.5) is 5.82 Å². The van der Waals surface area contributed by atoms with Gasteiger partial charge < -0.3 is 0 Å². The van der Waals surface area contributed by atoms with E-state index in [2.05, 4.69) is 29.0 Å². The number of aliphatic imine (C=N–C) groups is 1. The number of benzene rings is 1. The van der Waals surface area contributed by atoms with Gasteiger partial charge in [0.1, 0.15) is 5.82 Å². The number of fused-ring (bicyclic) bond motifs is 2. The molecule has 0 spiro atoms. The summed E-state index contributed by atoms with van der Waals surface area (Å²) in [5.74, 6) is 1.42. The lowest BCUT2D eigenvalue weighted by molar-refractivity contribution is 0.0851. The van der Waals surface area contributed by atoms with Crippen molar-refractivity contribution in [2.75, 3.05) is 18.0 Å². The zero-order chi connectivity index (χ0) is 15.1. The highest BCUT2D eigenvalue weighted by Gasteiger charge is 2.38. The van der Waals surface area contributed by atoms with Crippen molar-refractivity contribution in [1.82, 2.24) is 9.88 Å². The molecule has 4 rings (SSSR count). The van der Waals surface area contributed by atoms with Crippen LogP contribution < -0.4 is 4.90 Å². The monoisotopic (exact) mass is 292 g/mol. The van der Waals surface area contributed by atoms with E-state index in [0.29, 0.717) is 31.0 Å². The molecule has 0 N–H and O–H groups in total. The van der Waals surface area contributed by atoms with Gasteiger partial charge in [0, 0.05) is 12.7 Å². The third-order valence-electron chi connectivity index (χ3n) is 4.17. The Kier molecular flexibility index (Phi) is 2.92. The van der Waals surface area contributed by atoms with E-state index in [1.807, 2.05) is 23.1 Å². The first kappa shape index (κ1) is 13.0. The third-order valence-corrected chi connectivity index (χ3v) is 4.17. The van der Waals surface area contributed by atoms with Crippen LogP contribution in [0.15, 0.2) is 47.6 Å². The van der Waals surface area contributed by atoms with Gasteiger partial charge in [0.2, 0.25) is 5.96 Å². The van der Waals surface area contributed by atoms with Gasteiger partial charge in [-0.3, -0.25) is 19.6 Å². The maximum Gasteiger partial charge on any atom is 0.264 e. The molecule has 1 aromatic carbocycles. The molecule has 0 radical (unpaired) electrons. The third kappa shape index (κ3) is 1.89. The number of aryl methyl sites for hydroxylation is 1. The highest BCUT2D eigenvalue weighted by Crippen LogP contribution is 2.29. The summed E-state index contributed by atoms with van der Waals surface area (Å²) in [5, 5.41) is 0. The Morgan fingerprint density at radius 1 is 1.18 bits per heavy atom. The van der Waals surface area contributed by atoms with Crippen molar-refractivity contribution in [2.45, 2.75) is 13.5 Å². The first-order valence-corrected chi connectivity index (χ1v) is 7.39. The number of hydrogen-bond donors (Lipinski definition) is 0. The van der Waals surface area contributed by atoms with Crippen LogP contribution in [0, 0.1) is 6.92 Å². The Hall–Kier alpha value is -2.69. The molecule has 2 aromatic rings. The topological polar surface area (TPSA) is 48.8 Å². The second-order valence-electron chi connectivity index (χ2n) is 5.53. The molecule has 0 saturated heterocycles. The van der Waals surface area contributed by atoms with Crippen molar-refractivity contribution >= 4 is 17.7 Å². The molecule has 0 unspecified atom stereocenters. The molecular formula is C17H16N4O. The highest BCUT2D eigenvalue weighted by atomic mass is 16.2. The van der Waals surface area contributed by atoms with Gasteiger partial charge in [0.05, 0.1) is 18.7 Å². The van der Waals surface area contributed by atoms with Gasteiger partial charge in [-0.15, -0.1) is 0 Å². The molecule has 2 aliphatic heterocycles. The number of amides is 1. The zero-order valence-electron chi connectivity index (χ0n) is 12.4. The van der Waals surface area contributed by atoms with E-state index in [1.54, 1.807) is 17.2 Å². The van der Waals surface area contributed by atoms with Crippen LogP contribution in [0.1, 0.15) is 21.5 Å². The van der Waals surface area contributed by atoms with Gasteiger partial charge in [-0.05, 0) is 30.2 Å². The largest absolute Gasteiger partial charge is 0.291 e. The van der Waals surface area contributed by atoms with Crippen LogP contribution in [-0.2, 0) is 6.54 Å². The van der Waals surface area contributed by atoms with Crippen LogP contribution in [0.2, 0.25) is 0 Å². The number of guanidine groups is 1. The summed E-state index contributed by atoms with van der Waals surface area (Å²) >= 11 is 0. The van der Waals surface area contributed by atoms with Crippen LogP contribution in [0.25, 0.3) is 0 Å². The van der Waals surface area contributed by atoms with Gasteiger partial charge in [-0.1, -0.05) is 24.3 Å². The maximum absolute atomic E-state index is 12.5. The van der Waals surface area contributed by atoms with Gasteiger partial charge >= 0.3 is 0 Å². The van der Waals surface area contributed by atoms with Crippen LogP contribution in [0.3, 0.4) is 0 Å². The predicted molar refractivity (Wildman–Crippen MR) is 84.9 cm³/mol. The minimum atomic E-state index is 0.000355. The van der Waals surface area contributed by atoms with Gasteiger partial charge in [-0.25, -0.2) is 4.98 Å².